The second-order valence-corrected chi connectivity index (χ2v) is 18.4. The fraction of sp³-hybridized carbons (Fsp3) is 0.188. The van der Waals surface area contributed by atoms with Crippen LogP contribution in [-0.2, 0) is 29.5 Å². The fourth-order valence-electron chi connectivity index (χ4n) is 7.91. The highest BCUT2D eigenvalue weighted by Gasteiger charge is 2.23. The van der Waals surface area contributed by atoms with Gasteiger partial charge in [-0.1, -0.05) is 78.4 Å². The number of aryl methyl sites for hydroxylation is 1. The highest BCUT2D eigenvalue weighted by atomic mass is 32.2. The van der Waals surface area contributed by atoms with Gasteiger partial charge in [0.05, 0.1) is 50.7 Å². The standard InChI is InChI=1S/C48H45N9O6S2/c1-31-6-16-38(17-7-31)65(61,62)57-41-24-34(12-14-36(41)28-52-57)45-46(64-30-51-45)35-13-15-37(27-50-48(59)60)44(25-35)63-23-18-32-8-10-33(11-9-32)29-55-19-21-56(22-20-55)42-26-40(53-54-47(42)49)39-4-2-3-5-43(39)58/h2-17,24-26,28,30,50,58H,18-23,27,29H2,1H3,(H2,49,54)(H,59,60). The first-order valence-corrected chi connectivity index (χ1v) is 23.3. The molecule has 0 atom stereocenters. The first-order chi connectivity index (χ1) is 31.5. The number of aromatic hydroxyl groups is 1. The van der Waals surface area contributed by atoms with Crippen LogP contribution in [0.4, 0.5) is 16.3 Å². The lowest BCUT2D eigenvalue weighted by Gasteiger charge is -2.36. The molecule has 0 saturated carbocycles. The van der Waals surface area contributed by atoms with Gasteiger partial charge in [0.15, 0.2) is 5.82 Å². The molecule has 0 bridgehead atoms. The minimum Gasteiger partial charge on any atom is -0.507 e. The fourth-order valence-corrected chi connectivity index (χ4v) is 9.99. The van der Waals surface area contributed by atoms with Gasteiger partial charge in [-0.15, -0.1) is 21.5 Å². The number of aromatic nitrogens is 5. The third kappa shape index (κ3) is 9.34. The number of hydrogen-bond donors (Lipinski definition) is 4. The van der Waals surface area contributed by atoms with Crippen molar-refractivity contribution in [1.82, 2.24) is 34.6 Å². The van der Waals surface area contributed by atoms with Crippen molar-refractivity contribution < 1.29 is 28.2 Å². The Balaban J connectivity index is 0.853. The van der Waals surface area contributed by atoms with Crippen molar-refractivity contribution in [2.24, 2.45) is 0 Å². The molecule has 4 heterocycles. The van der Waals surface area contributed by atoms with E-state index in [1.807, 2.05) is 55.5 Å². The maximum absolute atomic E-state index is 13.7. The van der Waals surface area contributed by atoms with E-state index in [1.165, 1.54) is 23.1 Å². The lowest BCUT2D eigenvalue weighted by molar-refractivity contribution is 0.193. The molecule has 1 aliphatic heterocycles. The van der Waals surface area contributed by atoms with Crippen molar-refractivity contribution in [2.75, 3.05) is 43.4 Å². The monoisotopic (exact) mass is 907 g/mol. The Kier molecular flexibility index (Phi) is 12.2. The number of benzene rings is 5. The summed E-state index contributed by atoms with van der Waals surface area (Å²) in [5.41, 5.74) is 16.5. The van der Waals surface area contributed by atoms with Crippen LogP contribution in [0, 0.1) is 6.92 Å². The van der Waals surface area contributed by atoms with Gasteiger partial charge in [-0.05, 0) is 66.1 Å². The number of hydrogen-bond acceptors (Lipinski definition) is 13. The lowest BCUT2D eigenvalue weighted by atomic mass is 10.0. The number of carboxylic acid groups (broad SMARTS) is 1. The maximum atomic E-state index is 13.7. The average Bonchev–Trinajstić information content (AvgIpc) is 3.99. The number of anilines is 2. The van der Waals surface area contributed by atoms with Crippen LogP contribution in [0.5, 0.6) is 11.5 Å². The summed E-state index contributed by atoms with van der Waals surface area (Å²) in [6.07, 6.45) is 1.03. The van der Waals surface area contributed by atoms with Crippen LogP contribution in [0.2, 0.25) is 0 Å². The zero-order valence-electron chi connectivity index (χ0n) is 35.3. The van der Waals surface area contributed by atoms with Gasteiger partial charge in [-0.3, -0.25) is 4.90 Å². The highest BCUT2D eigenvalue weighted by molar-refractivity contribution is 7.90. The van der Waals surface area contributed by atoms with Crippen LogP contribution in [-0.4, -0.2) is 86.8 Å². The van der Waals surface area contributed by atoms with E-state index in [0.29, 0.717) is 63.6 Å². The normalized spacial score (nSPS) is 13.3. The van der Waals surface area contributed by atoms with E-state index in [2.05, 4.69) is 54.7 Å². The molecular weight excluding hydrogens is 863 g/mol. The molecule has 1 saturated heterocycles. The molecule has 17 heteroatoms. The molecule has 9 rings (SSSR count). The van der Waals surface area contributed by atoms with Crippen LogP contribution in [0.15, 0.2) is 132 Å². The van der Waals surface area contributed by atoms with E-state index < -0.39 is 16.1 Å². The van der Waals surface area contributed by atoms with Gasteiger partial charge < -0.3 is 30.9 Å². The zero-order chi connectivity index (χ0) is 45.1. The molecule has 3 aromatic heterocycles. The average molecular weight is 908 g/mol. The number of ether oxygens (including phenoxy) is 1. The van der Waals surface area contributed by atoms with Gasteiger partial charge in [0, 0.05) is 67.8 Å². The van der Waals surface area contributed by atoms with Crippen LogP contribution in [0.25, 0.3) is 43.9 Å². The van der Waals surface area contributed by atoms with Crippen molar-refractivity contribution in [3.05, 3.63) is 149 Å². The number of nitrogens with zero attached hydrogens (tertiary/aromatic N) is 7. The number of fused-ring (bicyclic) bond motifs is 1. The topological polar surface area (TPSA) is 202 Å². The van der Waals surface area contributed by atoms with E-state index in [0.717, 1.165) is 64.1 Å². The molecule has 0 aliphatic carbocycles. The van der Waals surface area contributed by atoms with E-state index in [-0.39, 0.29) is 17.2 Å². The summed E-state index contributed by atoms with van der Waals surface area (Å²) < 4.78 is 34.8. The van der Waals surface area contributed by atoms with Crippen LogP contribution < -0.4 is 20.7 Å². The minimum absolute atomic E-state index is 0.0612. The number of carbonyl (C=O) groups is 1. The molecular formula is C48H45N9O6S2. The van der Waals surface area contributed by atoms with Crippen LogP contribution in [0.1, 0.15) is 22.3 Å². The summed E-state index contributed by atoms with van der Waals surface area (Å²) in [7, 11) is -3.96. The number of para-hydroxylation sites is 1. The van der Waals surface area contributed by atoms with Crippen LogP contribution in [0.3, 0.4) is 0 Å². The molecule has 8 aromatic rings. The molecule has 0 unspecified atom stereocenters. The molecule has 5 N–H and O–H groups in total. The molecule has 15 nitrogen and oxygen atoms in total. The summed E-state index contributed by atoms with van der Waals surface area (Å²) in [5.74, 6) is 1.05. The number of rotatable bonds is 14. The SMILES string of the molecule is Cc1ccc(S(=O)(=O)n2ncc3ccc(-c4ncsc4-c4ccc(CNC(=O)O)c(OCCc5ccc(CN6CCN(c7cc(-c8ccccc8O)nnc7N)CC6)cc5)c4)cc32)cc1. The molecule has 1 aliphatic rings. The van der Waals surface area contributed by atoms with Crippen molar-refractivity contribution in [1.29, 1.82) is 0 Å². The number of nitrogen functional groups attached to an aromatic ring is 1. The maximum Gasteiger partial charge on any atom is 0.404 e. The van der Waals surface area contributed by atoms with Gasteiger partial charge in [0.25, 0.3) is 10.0 Å². The highest BCUT2D eigenvalue weighted by Crippen LogP contribution is 2.39. The Morgan fingerprint density at radius 3 is 2.40 bits per heavy atom. The Hall–Kier alpha value is -7.34. The lowest BCUT2D eigenvalue weighted by Crippen LogP contribution is -2.46. The minimum atomic E-state index is -3.96. The number of piperazine rings is 1. The number of nitrogens with one attached hydrogen (secondary N) is 1. The first kappa shape index (κ1) is 42.9. The van der Waals surface area contributed by atoms with E-state index >= 15 is 0 Å². The zero-order valence-corrected chi connectivity index (χ0v) is 37.0. The Morgan fingerprint density at radius 1 is 0.877 bits per heavy atom. The van der Waals surface area contributed by atoms with Crippen molar-refractivity contribution >= 4 is 49.9 Å². The second-order valence-electron chi connectivity index (χ2n) is 15.8. The van der Waals surface area contributed by atoms with E-state index in [4.69, 9.17) is 15.5 Å². The predicted molar refractivity (Wildman–Crippen MR) is 252 cm³/mol. The summed E-state index contributed by atoms with van der Waals surface area (Å²) in [6, 6.07) is 35.3. The second kappa shape index (κ2) is 18.4. The molecule has 1 amide bonds. The van der Waals surface area contributed by atoms with Crippen molar-refractivity contribution in [2.45, 2.75) is 31.3 Å². The molecule has 0 spiro atoms. The Labute approximate surface area is 379 Å². The number of nitrogens with two attached hydrogens (primary N) is 1. The summed E-state index contributed by atoms with van der Waals surface area (Å²) >= 11 is 1.44. The molecule has 65 heavy (non-hydrogen) atoms. The summed E-state index contributed by atoms with van der Waals surface area (Å²) in [6.45, 7) is 6.33. The third-order valence-electron chi connectivity index (χ3n) is 11.5. The Morgan fingerprint density at radius 2 is 1.63 bits per heavy atom. The quantitative estimate of drug-likeness (QED) is 0.0823. The largest absolute Gasteiger partial charge is 0.507 e. The van der Waals surface area contributed by atoms with Gasteiger partial charge in [-0.2, -0.15) is 17.6 Å². The van der Waals surface area contributed by atoms with Gasteiger partial charge >= 0.3 is 6.09 Å². The summed E-state index contributed by atoms with van der Waals surface area (Å²) in [5, 5.41) is 35.5. The third-order valence-corrected chi connectivity index (χ3v) is 13.9. The predicted octanol–water partition coefficient (Wildman–Crippen LogP) is 7.83. The molecule has 330 valence electrons. The van der Waals surface area contributed by atoms with Gasteiger partial charge in [-0.25, -0.2) is 9.78 Å². The van der Waals surface area contributed by atoms with Crippen molar-refractivity contribution in [3.8, 4) is 44.5 Å². The van der Waals surface area contributed by atoms with Crippen molar-refractivity contribution in [3.63, 3.8) is 0 Å². The smallest absolute Gasteiger partial charge is 0.404 e. The Bertz CT molecular complexity index is 3110. The number of phenolic OH excluding ortho intramolecular Hbond substituents is 1. The van der Waals surface area contributed by atoms with Gasteiger partial charge in [0.1, 0.15) is 11.5 Å². The van der Waals surface area contributed by atoms with E-state index in [9.17, 15) is 23.4 Å². The number of amides is 1. The van der Waals surface area contributed by atoms with Gasteiger partial charge in [0.2, 0.25) is 0 Å². The number of phenols is 1. The van der Waals surface area contributed by atoms with Crippen LogP contribution >= 0.6 is 11.3 Å². The summed E-state index contributed by atoms with van der Waals surface area (Å²) in [4.78, 5) is 21.8. The van der Waals surface area contributed by atoms with E-state index in [1.54, 1.807) is 48.0 Å². The first-order valence-electron chi connectivity index (χ1n) is 20.9. The molecule has 0 radical (unpaired) electrons. The molecule has 5 aromatic carbocycles. The number of thiazole rings is 1. The molecule has 1 fully saturated rings.